The summed E-state index contributed by atoms with van der Waals surface area (Å²) in [6.07, 6.45) is 0.612. The first-order valence-electron chi connectivity index (χ1n) is 10.0. The molecule has 30 heavy (non-hydrogen) atoms. The number of sulfonamides is 1. The molecule has 1 aromatic carbocycles. The number of hydrogen-bond acceptors (Lipinski definition) is 6. The van der Waals surface area contributed by atoms with Crippen molar-refractivity contribution in [3.8, 4) is 11.5 Å². The fraction of sp³-hybridized carbons (Fsp3) is 0.450. The normalized spacial score (nSPS) is 14.8. The van der Waals surface area contributed by atoms with Gasteiger partial charge in [0, 0.05) is 44.4 Å². The minimum absolute atomic E-state index is 0.279. The lowest BCUT2D eigenvalue weighted by Crippen LogP contribution is -2.36. The highest BCUT2D eigenvalue weighted by Crippen LogP contribution is 2.32. The zero-order chi connectivity index (χ0) is 21.5. The molecule has 0 N–H and O–H groups in total. The number of thioether (sulfide) groups is 1. The lowest BCUT2D eigenvalue weighted by Gasteiger charge is -2.27. The Balaban J connectivity index is 1.73. The van der Waals surface area contributed by atoms with E-state index in [1.807, 2.05) is 35.4 Å². The van der Waals surface area contributed by atoms with Gasteiger partial charge in [-0.15, -0.1) is 10.2 Å². The predicted octanol–water partition coefficient (Wildman–Crippen LogP) is 2.87. The topological polar surface area (TPSA) is 85.9 Å². The molecule has 10 heteroatoms. The van der Waals surface area contributed by atoms with Crippen molar-refractivity contribution in [1.29, 1.82) is 0 Å². The van der Waals surface area contributed by atoms with Crippen LogP contribution in [0.3, 0.4) is 0 Å². The molecule has 0 saturated heterocycles. The van der Waals surface area contributed by atoms with Crippen LogP contribution in [0.5, 0.6) is 0 Å². The molecule has 0 aliphatic carbocycles. The van der Waals surface area contributed by atoms with Gasteiger partial charge in [0.05, 0.1) is 4.90 Å². The molecule has 0 saturated carbocycles. The quantitative estimate of drug-likeness (QED) is 0.541. The van der Waals surface area contributed by atoms with E-state index in [2.05, 4.69) is 24.0 Å². The van der Waals surface area contributed by atoms with Crippen LogP contribution in [0.4, 0.5) is 0 Å². The average Bonchev–Trinajstić information content (AvgIpc) is 3.28. The summed E-state index contributed by atoms with van der Waals surface area (Å²) in [5.74, 6) is 1.60. The van der Waals surface area contributed by atoms with Gasteiger partial charge in [-0.25, -0.2) is 8.42 Å². The minimum atomic E-state index is -3.58. The largest absolute Gasteiger partial charge is 0.301 e. The van der Waals surface area contributed by atoms with Gasteiger partial charge in [-0.3, -0.25) is 4.68 Å². The first-order valence-corrected chi connectivity index (χ1v) is 12.5. The maximum absolute atomic E-state index is 13.2. The minimum Gasteiger partial charge on any atom is -0.301 e. The van der Waals surface area contributed by atoms with Gasteiger partial charge in [0.1, 0.15) is 5.69 Å². The van der Waals surface area contributed by atoms with E-state index in [0.717, 1.165) is 34.3 Å². The smallest absolute Gasteiger partial charge is 0.243 e. The van der Waals surface area contributed by atoms with E-state index in [1.165, 1.54) is 0 Å². The first-order chi connectivity index (χ1) is 14.4. The van der Waals surface area contributed by atoms with Gasteiger partial charge < -0.3 is 4.57 Å². The van der Waals surface area contributed by atoms with E-state index in [9.17, 15) is 8.42 Å². The van der Waals surface area contributed by atoms with Crippen LogP contribution in [0, 0.1) is 6.92 Å². The second-order valence-electron chi connectivity index (χ2n) is 7.28. The summed E-state index contributed by atoms with van der Waals surface area (Å²) >= 11 is 1.64. The number of aryl methyl sites for hydroxylation is 2. The second-order valence-corrected chi connectivity index (χ2v) is 10.5. The fourth-order valence-corrected chi connectivity index (χ4v) is 5.93. The Hall–Kier alpha value is -2.17. The predicted molar refractivity (Wildman–Crippen MR) is 117 cm³/mol. The van der Waals surface area contributed by atoms with Gasteiger partial charge in [-0.1, -0.05) is 36.4 Å². The van der Waals surface area contributed by atoms with Gasteiger partial charge >= 0.3 is 0 Å². The van der Waals surface area contributed by atoms with Crippen molar-refractivity contribution in [3.63, 3.8) is 0 Å². The lowest BCUT2D eigenvalue weighted by atomic mass is 10.1. The maximum atomic E-state index is 13.2. The average molecular weight is 447 g/mol. The molecule has 8 nitrogen and oxygen atoms in total. The molecule has 2 aromatic heterocycles. The van der Waals surface area contributed by atoms with E-state index in [1.54, 1.807) is 28.2 Å². The third kappa shape index (κ3) is 3.57. The van der Waals surface area contributed by atoms with Crippen LogP contribution in [0.15, 0.2) is 34.3 Å². The van der Waals surface area contributed by atoms with E-state index < -0.39 is 10.0 Å². The number of rotatable bonds is 6. The van der Waals surface area contributed by atoms with Crippen molar-refractivity contribution in [2.75, 3.05) is 12.3 Å². The van der Waals surface area contributed by atoms with Crippen LogP contribution in [0.2, 0.25) is 0 Å². The molecule has 0 bridgehead atoms. The molecule has 0 fully saturated rings. The molecule has 3 heterocycles. The van der Waals surface area contributed by atoms with E-state index in [4.69, 9.17) is 5.10 Å². The molecule has 0 unspecified atom stereocenters. The Morgan fingerprint density at radius 3 is 2.53 bits per heavy atom. The van der Waals surface area contributed by atoms with Crippen LogP contribution in [0.25, 0.3) is 11.5 Å². The molecule has 1 aliphatic rings. The molecule has 0 spiro atoms. The van der Waals surface area contributed by atoms with Crippen LogP contribution in [0.1, 0.15) is 30.7 Å². The van der Waals surface area contributed by atoms with Crippen LogP contribution < -0.4 is 0 Å². The summed E-state index contributed by atoms with van der Waals surface area (Å²) in [7, 11) is -1.68. The first kappa shape index (κ1) is 21.1. The number of hydrogen-bond donors (Lipinski definition) is 0. The Labute approximate surface area is 181 Å². The Morgan fingerprint density at radius 1 is 1.13 bits per heavy atom. The summed E-state index contributed by atoms with van der Waals surface area (Å²) < 4.78 is 31.9. The molecule has 0 radical (unpaired) electrons. The van der Waals surface area contributed by atoms with E-state index >= 15 is 0 Å². The summed E-state index contributed by atoms with van der Waals surface area (Å²) in [6.45, 7) is 7.51. The lowest BCUT2D eigenvalue weighted by molar-refractivity contribution is 0.386. The molecule has 1 aliphatic heterocycles. The number of nitrogens with zero attached hydrogens (tertiary/aromatic N) is 6. The summed E-state index contributed by atoms with van der Waals surface area (Å²) in [5, 5.41) is 14.3. The summed E-state index contributed by atoms with van der Waals surface area (Å²) in [5.41, 5.74) is 3.71. The third-order valence-corrected chi connectivity index (χ3v) is 8.09. The SMILES string of the molecule is CCSc1nnc(-c2nn(C)c3c2CN(S(=O)(=O)c2ccc(C)cc2)CC3)n1CC. The van der Waals surface area contributed by atoms with Gasteiger partial charge in [-0.05, 0) is 31.7 Å². The zero-order valence-electron chi connectivity index (χ0n) is 17.7. The standard InChI is InChI=1S/C20H26N6O2S2/c1-5-26-19(21-22-20(26)29-6-2)18-16-13-25(12-11-17(16)24(4)23-18)30(27,28)15-9-7-14(3)8-10-15/h7-10H,5-6,11-13H2,1-4H3. The summed E-state index contributed by atoms with van der Waals surface area (Å²) in [6, 6.07) is 7.00. The number of aromatic nitrogens is 5. The van der Waals surface area contributed by atoms with Crippen LogP contribution >= 0.6 is 11.8 Å². The summed E-state index contributed by atoms with van der Waals surface area (Å²) in [4.78, 5) is 0.320. The van der Waals surface area contributed by atoms with Crippen molar-refractivity contribution < 1.29 is 8.42 Å². The molecular weight excluding hydrogens is 420 g/mol. The monoisotopic (exact) mass is 446 g/mol. The second kappa shape index (κ2) is 8.16. The third-order valence-electron chi connectivity index (χ3n) is 5.38. The molecule has 3 aromatic rings. The molecular formula is C20H26N6O2S2. The van der Waals surface area contributed by atoms with Gasteiger partial charge in [-0.2, -0.15) is 9.40 Å². The molecule has 0 amide bonds. The van der Waals surface area contributed by atoms with Crippen molar-refractivity contribution in [2.45, 2.75) is 50.3 Å². The zero-order valence-corrected chi connectivity index (χ0v) is 19.3. The fourth-order valence-electron chi connectivity index (χ4n) is 3.80. The van der Waals surface area contributed by atoms with Crippen molar-refractivity contribution in [2.24, 2.45) is 7.05 Å². The van der Waals surface area contributed by atoms with Crippen LogP contribution in [-0.4, -0.2) is 49.6 Å². The number of fused-ring (bicyclic) bond motifs is 1. The van der Waals surface area contributed by atoms with Crippen molar-refractivity contribution >= 4 is 21.8 Å². The molecule has 4 rings (SSSR count). The highest BCUT2D eigenvalue weighted by Gasteiger charge is 2.33. The Bertz CT molecular complexity index is 1160. The molecule has 0 atom stereocenters. The number of benzene rings is 1. The van der Waals surface area contributed by atoms with Crippen molar-refractivity contribution in [3.05, 3.63) is 41.1 Å². The Morgan fingerprint density at radius 2 is 1.87 bits per heavy atom. The Kier molecular flexibility index (Phi) is 5.73. The van der Waals surface area contributed by atoms with E-state index in [0.29, 0.717) is 29.4 Å². The van der Waals surface area contributed by atoms with Crippen molar-refractivity contribution in [1.82, 2.24) is 28.9 Å². The van der Waals surface area contributed by atoms with Gasteiger partial charge in [0.2, 0.25) is 10.0 Å². The maximum Gasteiger partial charge on any atom is 0.243 e. The highest BCUT2D eigenvalue weighted by molar-refractivity contribution is 7.99. The molecule has 160 valence electrons. The van der Waals surface area contributed by atoms with E-state index in [-0.39, 0.29) is 6.54 Å². The van der Waals surface area contributed by atoms with Crippen LogP contribution in [-0.2, 0) is 36.6 Å². The highest BCUT2D eigenvalue weighted by atomic mass is 32.2. The van der Waals surface area contributed by atoms with Gasteiger partial charge in [0.15, 0.2) is 11.0 Å². The van der Waals surface area contributed by atoms with Gasteiger partial charge in [0.25, 0.3) is 0 Å².